The first kappa shape index (κ1) is 14.2. The number of H-pyrrole nitrogens is 2. The molecule has 0 radical (unpaired) electrons. The minimum absolute atomic E-state index is 0.286. The van der Waals surface area contributed by atoms with Gasteiger partial charge in [0.15, 0.2) is 0 Å². The van der Waals surface area contributed by atoms with E-state index in [2.05, 4.69) is 20.6 Å². The molecule has 0 atom stereocenters. The Kier molecular flexibility index (Phi) is 3.60. The molecular weight excluding hydrogens is 304 g/mol. The molecule has 2 aromatic carbocycles. The Hall–Kier alpha value is -2.73. The van der Waals surface area contributed by atoms with E-state index in [4.69, 9.17) is 11.6 Å². The van der Waals surface area contributed by atoms with Gasteiger partial charge >= 0.3 is 11.7 Å². The van der Waals surface area contributed by atoms with Crippen molar-refractivity contribution in [1.29, 1.82) is 0 Å². The minimum atomic E-state index is -0.392. The number of halogens is 1. The maximum atomic E-state index is 12.0. The van der Waals surface area contributed by atoms with Crippen LogP contribution in [-0.4, -0.2) is 16.0 Å². The topological polar surface area (TPSA) is 89.8 Å². The number of rotatable bonds is 2. The van der Waals surface area contributed by atoms with Crippen LogP contribution >= 0.6 is 11.6 Å². The van der Waals surface area contributed by atoms with Gasteiger partial charge in [-0.25, -0.2) is 9.59 Å². The highest BCUT2D eigenvalue weighted by atomic mass is 35.5. The maximum absolute atomic E-state index is 12.0. The number of amides is 2. The summed E-state index contributed by atoms with van der Waals surface area (Å²) >= 11 is 6.02. The first-order chi connectivity index (χ1) is 10.5. The van der Waals surface area contributed by atoms with Crippen molar-refractivity contribution in [2.75, 3.05) is 10.6 Å². The van der Waals surface area contributed by atoms with Crippen molar-refractivity contribution in [3.8, 4) is 0 Å². The van der Waals surface area contributed by atoms with Crippen LogP contribution in [0.4, 0.5) is 16.2 Å². The molecule has 0 aliphatic carbocycles. The Morgan fingerprint density at radius 2 is 1.64 bits per heavy atom. The second-order valence-corrected chi connectivity index (χ2v) is 5.29. The van der Waals surface area contributed by atoms with Gasteiger partial charge in [0, 0.05) is 16.4 Å². The average molecular weight is 317 g/mol. The third kappa shape index (κ3) is 2.96. The maximum Gasteiger partial charge on any atom is 0.323 e. The number of carbonyl (C=O) groups excluding carboxylic acids is 1. The first-order valence-corrected chi connectivity index (χ1v) is 6.95. The predicted molar refractivity (Wildman–Crippen MR) is 87.7 cm³/mol. The summed E-state index contributed by atoms with van der Waals surface area (Å²) in [5.41, 5.74) is 3.13. The summed E-state index contributed by atoms with van der Waals surface area (Å²) in [5, 5.41) is 5.98. The highest BCUT2D eigenvalue weighted by molar-refractivity contribution is 6.31. The van der Waals surface area contributed by atoms with Gasteiger partial charge < -0.3 is 20.6 Å². The standard InChI is InChI=1S/C15H13ClN4O2/c1-8-2-3-9(6-11(8)16)17-14(21)18-10-4-5-12-13(7-10)20-15(22)19-12/h2-7H,1H3,(H2,17,18,21)(H2,19,20,22). The Labute approximate surface area is 130 Å². The number of aryl methyl sites for hydroxylation is 1. The number of nitrogens with one attached hydrogen (secondary N) is 4. The van der Waals surface area contributed by atoms with Crippen molar-refractivity contribution in [2.45, 2.75) is 6.92 Å². The highest BCUT2D eigenvalue weighted by Gasteiger charge is 2.06. The number of aromatic amines is 2. The van der Waals surface area contributed by atoms with E-state index in [0.717, 1.165) is 5.56 Å². The van der Waals surface area contributed by atoms with Crippen LogP contribution in [0.15, 0.2) is 41.2 Å². The van der Waals surface area contributed by atoms with Crippen molar-refractivity contribution in [1.82, 2.24) is 9.97 Å². The molecule has 0 spiro atoms. The summed E-state index contributed by atoms with van der Waals surface area (Å²) in [6.45, 7) is 1.89. The van der Waals surface area contributed by atoms with Crippen molar-refractivity contribution < 1.29 is 4.79 Å². The fourth-order valence-electron chi connectivity index (χ4n) is 2.07. The molecule has 4 N–H and O–H groups in total. The van der Waals surface area contributed by atoms with E-state index in [1.54, 1.807) is 30.3 Å². The molecule has 3 aromatic rings. The van der Waals surface area contributed by atoms with Crippen LogP contribution in [0.3, 0.4) is 0 Å². The Morgan fingerprint density at radius 1 is 1.00 bits per heavy atom. The van der Waals surface area contributed by atoms with Crippen LogP contribution in [-0.2, 0) is 0 Å². The summed E-state index contributed by atoms with van der Waals surface area (Å²) < 4.78 is 0. The number of anilines is 2. The van der Waals surface area contributed by atoms with Crippen molar-refractivity contribution >= 4 is 40.0 Å². The van der Waals surface area contributed by atoms with Gasteiger partial charge in [0.1, 0.15) is 0 Å². The van der Waals surface area contributed by atoms with Crippen LogP contribution < -0.4 is 16.3 Å². The lowest BCUT2D eigenvalue weighted by Crippen LogP contribution is -2.19. The Morgan fingerprint density at radius 3 is 2.36 bits per heavy atom. The lowest BCUT2D eigenvalue weighted by molar-refractivity contribution is 0.262. The van der Waals surface area contributed by atoms with Gasteiger partial charge in [0.2, 0.25) is 0 Å². The summed E-state index contributed by atoms with van der Waals surface area (Å²) in [7, 11) is 0. The quantitative estimate of drug-likeness (QED) is 0.583. The van der Waals surface area contributed by atoms with Gasteiger partial charge in [-0.3, -0.25) is 0 Å². The number of imidazole rings is 1. The fourth-order valence-corrected chi connectivity index (χ4v) is 2.25. The van der Waals surface area contributed by atoms with E-state index in [0.29, 0.717) is 27.4 Å². The Bertz CT molecular complexity index is 913. The lowest BCUT2D eigenvalue weighted by atomic mass is 10.2. The van der Waals surface area contributed by atoms with E-state index in [9.17, 15) is 9.59 Å². The van der Waals surface area contributed by atoms with Crippen molar-refractivity contribution in [3.63, 3.8) is 0 Å². The number of aromatic nitrogens is 2. The normalized spacial score (nSPS) is 10.6. The van der Waals surface area contributed by atoms with Crippen LogP contribution in [0.25, 0.3) is 11.0 Å². The molecule has 3 rings (SSSR count). The molecule has 1 aromatic heterocycles. The third-order valence-corrected chi connectivity index (χ3v) is 3.61. The van der Waals surface area contributed by atoms with E-state index in [1.165, 1.54) is 0 Å². The summed E-state index contributed by atoms with van der Waals surface area (Å²) in [4.78, 5) is 28.4. The third-order valence-electron chi connectivity index (χ3n) is 3.20. The molecule has 0 bridgehead atoms. The van der Waals surface area contributed by atoms with Gasteiger partial charge in [0.05, 0.1) is 11.0 Å². The monoisotopic (exact) mass is 316 g/mol. The molecule has 0 unspecified atom stereocenters. The Balaban J connectivity index is 1.74. The predicted octanol–water partition coefficient (Wildman–Crippen LogP) is 3.46. The van der Waals surface area contributed by atoms with Crippen LogP contribution in [0.2, 0.25) is 5.02 Å². The van der Waals surface area contributed by atoms with Gasteiger partial charge in [-0.2, -0.15) is 0 Å². The van der Waals surface area contributed by atoms with E-state index in [1.807, 2.05) is 13.0 Å². The van der Waals surface area contributed by atoms with Crippen LogP contribution in [0, 0.1) is 6.92 Å². The molecule has 0 fully saturated rings. The van der Waals surface area contributed by atoms with Gasteiger partial charge in [-0.1, -0.05) is 17.7 Å². The largest absolute Gasteiger partial charge is 0.323 e. The van der Waals surface area contributed by atoms with E-state index in [-0.39, 0.29) is 5.69 Å². The first-order valence-electron chi connectivity index (χ1n) is 6.57. The molecule has 0 aliphatic rings. The molecular formula is C15H13ClN4O2. The second-order valence-electron chi connectivity index (χ2n) is 4.88. The zero-order valence-electron chi connectivity index (χ0n) is 11.7. The van der Waals surface area contributed by atoms with E-state index < -0.39 is 6.03 Å². The number of urea groups is 1. The van der Waals surface area contributed by atoms with E-state index >= 15 is 0 Å². The number of hydrogen-bond donors (Lipinski definition) is 4. The minimum Gasteiger partial charge on any atom is -0.308 e. The van der Waals surface area contributed by atoms with Crippen LogP contribution in [0.1, 0.15) is 5.56 Å². The van der Waals surface area contributed by atoms with Gasteiger partial charge in [0.25, 0.3) is 0 Å². The molecule has 112 valence electrons. The average Bonchev–Trinajstić information content (AvgIpc) is 2.82. The molecule has 22 heavy (non-hydrogen) atoms. The highest BCUT2D eigenvalue weighted by Crippen LogP contribution is 2.20. The number of benzene rings is 2. The van der Waals surface area contributed by atoms with Crippen molar-refractivity contribution in [2.24, 2.45) is 0 Å². The molecule has 0 saturated heterocycles. The van der Waals surface area contributed by atoms with Gasteiger partial charge in [-0.15, -0.1) is 0 Å². The number of hydrogen-bond acceptors (Lipinski definition) is 2. The molecule has 2 amide bonds. The summed E-state index contributed by atoms with van der Waals surface area (Å²) in [6.07, 6.45) is 0. The zero-order valence-corrected chi connectivity index (χ0v) is 12.4. The molecule has 1 heterocycles. The molecule has 0 aliphatic heterocycles. The van der Waals surface area contributed by atoms with Gasteiger partial charge in [-0.05, 0) is 42.8 Å². The van der Waals surface area contributed by atoms with Crippen molar-refractivity contribution in [3.05, 3.63) is 57.5 Å². The second kappa shape index (κ2) is 5.57. The number of carbonyl (C=O) groups is 1. The number of fused-ring (bicyclic) bond motifs is 1. The zero-order chi connectivity index (χ0) is 15.7. The molecule has 0 saturated carbocycles. The lowest BCUT2D eigenvalue weighted by Gasteiger charge is -2.08. The van der Waals surface area contributed by atoms with Crippen LogP contribution in [0.5, 0.6) is 0 Å². The molecule has 7 heteroatoms. The summed E-state index contributed by atoms with van der Waals surface area (Å²) in [5.74, 6) is 0. The smallest absolute Gasteiger partial charge is 0.308 e. The molecule has 6 nitrogen and oxygen atoms in total. The fraction of sp³-hybridized carbons (Fsp3) is 0.0667. The SMILES string of the molecule is Cc1ccc(NC(=O)Nc2ccc3[nH]c(=O)[nH]c3c2)cc1Cl. The summed E-state index contributed by atoms with van der Waals surface area (Å²) in [6, 6.07) is 9.98.